The van der Waals surface area contributed by atoms with E-state index in [0.29, 0.717) is 11.6 Å². The van der Waals surface area contributed by atoms with Crippen molar-refractivity contribution < 1.29 is 27.9 Å². The second-order valence-corrected chi connectivity index (χ2v) is 5.16. The zero-order valence-corrected chi connectivity index (χ0v) is 11.4. The zero-order valence-electron chi connectivity index (χ0n) is 10.5. The van der Waals surface area contributed by atoms with Gasteiger partial charge in [-0.3, -0.25) is 4.79 Å². The molecule has 0 saturated carbocycles. The molecule has 2 N–H and O–H groups in total. The summed E-state index contributed by atoms with van der Waals surface area (Å²) in [6.07, 6.45) is 0. The summed E-state index contributed by atoms with van der Waals surface area (Å²) in [6, 6.07) is 2.83. The molecular formula is C13H8F3NO3S. The van der Waals surface area contributed by atoms with Gasteiger partial charge >= 0.3 is 5.97 Å². The maximum absolute atomic E-state index is 13.5. The molecule has 0 aliphatic carbocycles. The Kier molecular flexibility index (Phi) is 3.99. The predicted molar refractivity (Wildman–Crippen MR) is 70.3 cm³/mol. The second-order valence-electron chi connectivity index (χ2n) is 4.10. The normalized spacial score (nSPS) is 10.5. The van der Waals surface area contributed by atoms with Crippen molar-refractivity contribution in [2.45, 2.75) is 6.92 Å². The highest BCUT2D eigenvalue weighted by Gasteiger charge is 2.20. The summed E-state index contributed by atoms with van der Waals surface area (Å²) in [7, 11) is 0. The molecule has 0 fully saturated rings. The molecule has 8 heteroatoms. The van der Waals surface area contributed by atoms with E-state index in [9.17, 15) is 22.8 Å². The molecule has 0 spiro atoms. The Morgan fingerprint density at radius 3 is 2.43 bits per heavy atom. The number of aryl methyl sites for hydroxylation is 1. The first kappa shape index (κ1) is 15.0. The van der Waals surface area contributed by atoms with Gasteiger partial charge in [0, 0.05) is 0 Å². The van der Waals surface area contributed by atoms with Gasteiger partial charge in [-0.2, -0.15) is 0 Å². The monoisotopic (exact) mass is 315 g/mol. The van der Waals surface area contributed by atoms with Crippen molar-refractivity contribution >= 4 is 28.2 Å². The first-order valence-corrected chi connectivity index (χ1v) is 6.41. The molecule has 1 aromatic carbocycles. The second kappa shape index (κ2) is 5.57. The average Bonchev–Trinajstić information content (AvgIpc) is 2.77. The van der Waals surface area contributed by atoms with Crippen LogP contribution in [-0.4, -0.2) is 17.0 Å². The van der Waals surface area contributed by atoms with Crippen LogP contribution in [0.5, 0.6) is 0 Å². The van der Waals surface area contributed by atoms with Crippen LogP contribution >= 0.6 is 11.3 Å². The van der Waals surface area contributed by atoms with Gasteiger partial charge in [-0.05, 0) is 30.7 Å². The largest absolute Gasteiger partial charge is 0.477 e. The van der Waals surface area contributed by atoms with Crippen molar-refractivity contribution in [3.8, 4) is 0 Å². The van der Waals surface area contributed by atoms with Crippen molar-refractivity contribution in [3.05, 3.63) is 51.7 Å². The van der Waals surface area contributed by atoms with Gasteiger partial charge in [0.2, 0.25) is 0 Å². The van der Waals surface area contributed by atoms with Crippen molar-refractivity contribution in [2.24, 2.45) is 0 Å². The van der Waals surface area contributed by atoms with Crippen molar-refractivity contribution in [1.82, 2.24) is 0 Å². The number of nitrogens with one attached hydrogen (secondary N) is 1. The first-order chi connectivity index (χ1) is 9.81. The predicted octanol–water partition coefficient (Wildman–Crippen LogP) is 3.42. The van der Waals surface area contributed by atoms with Gasteiger partial charge in [-0.15, -0.1) is 11.3 Å². The number of thiophene rings is 1. The van der Waals surface area contributed by atoms with E-state index in [1.54, 1.807) is 0 Å². The Hall–Kier alpha value is -2.35. The molecule has 4 nitrogen and oxygen atoms in total. The summed E-state index contributed by atoms with van der Waals surface area (Å²) in [5.41, 5.74) is -0.245. The third-order valence-corrected chi connectivity index (χ3v) is 3.77. The van der Waals surface area contributed by atoms with E-state index >= 15 is 0 Å². The number of carboxylic acids is 1. The number of aromatic carboxylic acids is 1. The van der Waals surface area contributed by atoms with E-state index in [4.69, 9.17) is 5.11 Å². The quantitative estimate of drug-likeness (QED) is 0.853. The molecule has 110 valence electrons. The van der Waals surface area contributed by atoms with E-state index in [1.807, 2.05) is 0 Å². The minimum absolute atomic E-state index is 0.0241. The highest BCUT2D eigenvalue weighted by atomic mass is 32.1. The highest BCUT2D eigenvalue weighted by molar-refractivity contribution is 7.18. The van der Waals surface area contributed by atoms with E-state index in [0.717, 1.165) is 17.4 Å². The van der Waals surface area contributed by atoms with Gasteiger partial charge in [-0.1, -0.05) is 0 Å². The number of rotatable bonds is 3. The van der Waals surface area contributed by atoms with Crippen LogP contribution in [0.4, 0.5) is 18.2 Å². The van der Waals surface area contributed by atoms with Crippen LogP contribution in [0.25, 0.3) is 0 Å². The molecule has 0 radical (unpaired) electrons. The molecule has 21 heavy (non-hydrogen) atoms. The molecule has 0 saturated heterocycles. The third-order valence-electron chi connectivity index (χ3n) is 2.63. The van der Waals surface area contributed by atoms with Crippen LogP contribution < -0.4 is 5.32 Å². The van der Waals surface area contributed by atoms with Crippen LogP contribution in [0.1, 0.15) is 25.6 Å². The van der Waals surface area contributed by atoms with Crippen LogP contribution in [0.3, 0.4) is 0 Å². The van der Waals surface area contributed by atoms with Crippen LogP contribution in [0, 0.1) is 24.4 Å². The number of carbonyl (C=O) groups is 2. The molecule has 1 amide bonds. The Morgan fingerprint density at radius 1 is 1.19 bits per heavy atom. The van der Waals surface area contributed by atoms with Crippen molar-refractivity contribution in [2.75, 3.05) is 5.32 Å². The maximum Gasteiger partial charge on any atom is 0.346 e. The highest BCUT2D eigenvalue weighted by Crippen LogP contribution is 2.27. The number of carbonyl (C=O) groups excluding carboxylic acids is 1. The number of anilines is 1. The van der Waals surface area contributed by atoms with Crippen molar-refractivity contribution in [1.29, 1.82) is 0 Å². The average molecular weight is 315 g/mol. The summed E-state index contributed by atoms with van der Waals surface area (Å²) in [5, 5.41) is 11.3. The third kappa shape index (κ3) is 2.89. The fraction of sp³-hybridized carbons (Fsp3) is 0.0769. The van der Waals surface area contributed by atoms with Crippen molar-refractivity contribution in [3.63, 3.8) is 0 Å². The lowest BCUT2D eigenvalue weighted by Gasteiger charge is -2.04. The number of amides is 1. The van der Waals surface area contributed by atoms with E-state index in [2.05, 4.69) is 5.32 Å². The maximum atomic E-state index is 13.5. The number of hydrogen-bond acceptors (Lipinski definition) is 3. The fourth-order valence-electron chi connectivity index (χ4n) is 1.64. The molecule has 0 atom stereocenters. The first-order valence-electron chi connectivity index (χ1n) is 5.60. The number of hydrogen-bond donors (Lipinski definition) is 2. The minimum atomic E-state index is -1.74. The molecule has 0 aliphatic heterocycles. The zero-order chi connectivity index (χ0) is 15.7. The lowest BCUT2D eigenvalue weighted by Crippen LogP contribution is -2.14. The molecule has 0 unspecified atom stereocenters. The van der Waals surface area contributed by atoms with Gasteiger partial charge in [0.15, 0.2) is 17.5 Å². The Labute approximate surface area is 120 Å². The summed E-state index contributed by atoms with van der Waals surface area (Å²) < 4.78 is 39.3. The molecule has 0 aliphatic rings. The van der Waals surface area contributed by atoms with Gasteiger partial charge in [0.1, 0.15) is 4.88 Å². The number of halogens is 3. The topological polar surface area (TPSA) is 66.4 Å². The van der Waals surface area contributed by atoms with Gasteiger partial charge in [0.25, 0.3) is 5.91 Å². The summed E-state index contributed by atoms with van der Waals surface area (Å²) in [5.74, 6) is -6.89. The Balaban J connectivity index is 2.28. The Bertz CT molecular complexity index is 743. The lowest BCUT2D eigenvalue weighted by molar-refractivity contribution is 0.0701. The fourth-order valence-corrected chi connectivity index (χ4v) is 2.54. The molecule has 2 aromatic rings. The van der Waals surface area contributed by atoms with E-state index in [1.165, 1.54) is 13.0 Å². The van der Waals surface area contributed by atoms with Crippen LogP contribution in [-0.2, 0) is 0 Å². The molecular weight excluding hydrogens is 307 g/mol. The molecule has 1 heterocycles. The summed E-state index contributed by atoms with van der Waals surface area (Å²) in [6.45, 7) is 1.54. The molecule has 2 rings (SSSR count). The SMILES string of the molecule is Cc1cc(NC(=O)c2ccc(F)c(F)c2F)sc1C(=O)O. The molecule has 1 aromatic heterocycles. The van der Waals surface area contributed by atoms with Gasteiger partial charge < -0.3 is 10.4 Å². The standard InChI is InChI=1S/C13H8F3NO3S/c1-5-4-8(21-11(5)13(19)20)17-12(18)6-2-3-7(14)10(16)9(6)15/h2-4H,1H3,(H,17,18)(H,19,20). The molecule has 0 bridgehead atoms. The van der Waals surface area contributed by atoms with E-state index in [-0.39, 0.29) is 9.88 Å². The van der Waals surface area contributed by atoms with Crippen LogP contribution in [0.15, 0.2) is 18.2 Å². The van der Waals surface area contributed by atoms with Crippen LogP contribution in [0.2, 0.25) is 0 Å². The smallest absolute Gasteiger partial charge is 0.346 e. The van der Waals surface area contributed by atoms with Gasteiger partial charge in [0.05, 0.1) is 10.6 Å². The minimum Gasteiger partial charge on any atom is -0.477 e. The van der Waals surface area contributed by atoms with Gasteiger partial charge in [-0.25, -0.2) is 18.0 Å². The Morgan fingerprint density at radius 2 is 1.86 bits per heavy atom. The number of benzene rings is 1. The summed E-state index contributed by atoms with van der Waals surface area (Å²) in [4.78, 5) is 22.7. The number of carboxylic acid groups (broad SMARTS) is 1. The van der Waals surface area contributed by atoms with E-state index < -0.39 is 34.9 Å². The lowest BCUT2D eigenvalue weighted by atomic mass is 10.2. The summed E-state index contributed by atoms with van der Waals surface area (Å²) >= 11 is 0.782.